The molecule has 2 aromatic carbocycles. The molecule has 5 rings (SSSR count). The number of sulfone groups is 1. The first-order valence-electron chi connectivity index (χ1n) is 10.4. The maximum atomic E-state index is 13.3. The molecule has 0 saturated heterocycles. The lowest BCUT2D eigenvalue weighted by Crippen LogP contribution is -2.37. The van der Waals surface area contributed by atoms with Gasteiger partial charge in [0.25, 0.3) is 5.91 Å². The minimum Gasteiger partial charge on any atom is -0.374 e. The van der Waals surface area contributed by atoms with Crippen molar-refractivity contribution in [2.45, 2.75) is 43.1 Å². The van der Waals surface area contributed by atoms with Crippen LogP contribution in [-0.2, 0) is 36.3 Å². The molecule has 166 valence electrons. The number of fused-ring (bicyclic) bond motifs is 4. The number of nitrogens with zero attached hydrogens (tertiary/aromatic N) is 1. The lowest BCUT2D eigenvalue weighted by molar-refractivity contribution is -0.142. The second-order valence-electron chi connectivity index (χ2n) is 8.82. The number of benzene rings is 2. The maximum Gasteiger partial charge on any atom is 0.254 e. The van der Waals surface area contributed by atoms with Gasteiger partial charge < -0.3 is 14.8 Å². The number of carbonyl (C=O) groups is 1. The Bertz CT molecular complexity index is 1350. The Labute approximate surface area is 186 Å². The van der Waals surface area contributed by atoms with Crippen molar-refractivity contribution in [2.24, 2.45) is 0 Å². The standard InChI is InChI=1S/C24H24N2O5S/c1-24(2)21-17-6-4-5-7-19(17)25-11-18(21)22(31-24)23(27)26-20-13-30-12-14-10-15(32(3,28)29)8-9-16(14)20/h4-11,20,22H,12-13H2,1-3H3,(H,26,27)/t20-,22?/m1/s1. The van der Waals surface area contributed by atoms with E-state index < -0.39 is 27.6 Å². The van der Waals surface area contributed by atoms with E-state index in [2.05, 4.69) is 10.3 Å². The molecule has 1 amide bonds. The van der Waals surface area contributed by atoms with Crippen LogP contribution < -0.4 is 5.32 Å². The number of carbonyl (C=O) groups excluding carboxylic acids is 1. The van der Waals surface area contributed by atoms with Gasteiger partial charge in [-0.2, -0.15) is 0 Å². The third-order valence-corrected chi connectivity index (χ3v) is 7.23. The Balaban J connectivity index is 1.46. The minimum atomic E-state index is -3.32. The molecule has 0 radical (unpaired) electrons. The Kier molecular flexibility index (Phi) is 4.85. The highest BCUT2D eigenvalue weighted by Gasteiger charge is 2.43. The molecule has 2 aliphatic heterocycles. The van der Waals surface area contributed by atoms with Gasteiger partial charge in [-0.15, -0.1) is 0 Å². The fourth-order valence-electron chi connectivity index (χ4n) is 4.66. The van der Waals surface area contributed by atoms with Crippen LogP contribution in [0.3, 0.4) is 0 Å². The zero-order valence-electron chi connectivity index (χ0n) is 18.1. The second-order valence-corrected chi connectivity index (χ2v) is 10.8. The molecule has 2 atom stereocenters. The van der Waals surface area contributed by atoms with E-state index >= 15 is 0 Å². The normalized spacial score (nSPS) is 21.7. The summed E-state index contributed by atoms with van der Waals surface area (Å²) in [5, 5.41) is 4.01. The fraction of sp³-hybridized carbons (Fsp3) is 0.333. The van der Waals surface area contributed by atoms with E-state index in [4.69, 9.17) is 9.47 Å². The number of nitrogens with one attached hydrogen (secondary N) is 1. The van der Waals surface area contributed by atoms with Gasteiger partial charge in [-0.3, -0.25) is 9.78 Å². The van der Waals surface area contributed by atoms with Crippen LogP contribution in [0.1, 0.15) is 48.2 Å². The molecule has 0 bridgehead atoms. The summed E-state index contributed by atoms with van der Waals surface area (Å²) in [6, 6.07) is 12.4. The number of hydrogen-bond donors (Lipinski definition) is 1. The average Bonchev–Trinajstić information content (AvgIpc) is 3.04. The monoisotopic (exact) mass is 452 g/mol. The van der Waals surface area contributed by atoms with E-state index in [0.717, 1.165) is 33.2 Å². The SMILES string of the molecule is CC1(C)OC(C(=O)N[C@@H]2COCc3cc(S(C)(=O)=O)ccc32)c2cnc3ccccc3c21. The first kappa shape index (κ1) is 21.1. The van der Waals surface area contributed by atoms with Gasteiger partial charge in [0.2, 0.25) is 0 Å². The van der Waals surface area contributed by atoms with Crippen LogP contribution in [0.2, 0.25) is 0 Å². The lowest BCUT2D eigenvalue weighted by Gasteiger charge is -2.28. The van der Waals surface area contributed by atoms with Crippen molar-refractivity contribution < 1.29 is 22.7 Å². The van der Waals surface area contributed by atoms with Gasteiger partial charge in [-0.05, 0) is 43.2 Å². The third-order valence-electron chi connectivity index (χ3n) is 6.12. The molecule has 2 aliphatic rings. The van der Waals surface area contributed by atoms with E-state index in [0.29, 0.717) is 13.2 Å². The number of aromatic nitrogens is 1. The first-order chi connectivity index (χ1) is 15.1. The Hall–Kier alpha value is -2.81. The van der Waals surface area contributed by atoms with Crippen LogP contribution in [-0.4, -0.2) is 32.2 Å². The second kappa shape index (κ2) is 7.37. The van der Waals surface area contributed by atoms with Crippen molar-refractivity contribution in [3.05, 3.63) is 70.9 Å². The molecule has 7 nitrogen and oxygen atoms in total. The molecule has 1 unspecified atom stereocenters. The lowest BCUT2D eigenvalue weighted by atomic mass is 9.91. The molecule has 3 heterocycles. The summed E-state index contributed by atoms with van der Waals surface area (Å²) in [7, 11) is -3.32. The molecule has 1 aromatic heterocycles. The van der Waals surface area contributed by atoms with Crippen molar-refractivity contribution in [3.63, 3.8) is 0 Å². The van der Waals surface area contributed by atoms with Crippen molar-refractivity contribution in [2.75, 3.05) is 12.9 Å². The van der Waals surface area contributed by atoms with Gasteiger partial charge in [0.1, 0.15) is 0 Å². The van der Waals surface area contributed by atoms with Crippen LogP contribution in [0.25, 0.3) is 10.9 Å². The number of ether oxygens (including phenoxy) is 2. The molecule has 1 N–H and O–H groups in total. The number of hydrogen-bond acceptors (Lipinski definition) is 6. The number of rotatable bonds is 3. The third kappa shape index (κ3) is 3.48. The molecule has 8 heteroatoms. The molecule has 0 saturated carbocycles. The van der Waals surface area contributed by atoms with E-state index in [1.54, 1.807) is 24.4 Å². The van der Waals surface area contributed by atoms with Crippen molar-refractivity contribution in [1.29, 1.82) is 0 Å². The minimum absolute atomic E-state index is 0.236. The van der Waals surface area contributed by atoms with Gasteiger partial charge >= 0.3 is 0 Å². The summed E-state index contributed by atoms with van der Waals surface area (Å²) in [6.07, 6.45) is 2.10. The van der Waals surface area contributed by atoms with Gasteiger partial charge in [0.15, 0.2) is 15.9 Å². The predicted octanol–water partition coefficient (Wildman–Crippen LogP) is 3.33. The predicted molar refractivity (Wildman–Crippen MR) is 119 cm³/mol. The molecule has 0 aliphatic carbocycles. The van der Waals surface area contributed by atoms with Crippen molar-refractivity contribution in [3.8, 4) is 0 Å². The van der Waals surface area contributed by atoms with E-state index in [-0.39, 0.29) is 10.8 Å². The Morgan fingerprint density at radius 2 is 1.94 bits per heavy atom. The number of pyridine rings is 1. The molecule has 0 fully saturated rings. The summed E-state index contributed by atoms with van der Waals surface area (Å²) in [5.41, 5.74) is 3.55. The topological polar surface area (TPSA) is 94.6 Å². The first-order valence-corrected chi connectivity index (χ1v) is 12.3. The van der Waals surface area contributed by atoms with Crippen LogP contribution >= 0.6 is 0 Å². The summed E-state index contributed by atoms with van der Waals surface area (Å²) >= 11 is 0. The van der Waals surface area contributed by atoms with Gasteiger partial charge in [-0.1, -0.05) is 24.3 Å². The zero-order chi connectivity index (χ0) is 22.7. The Morgan fingerprint density at radius 1 is 1.16 bits per heavy atom. The number of amides is 1. The van der Waals surface area contributed by atoms with E-state index in [1.807, 2.05) is 38.1 Å². The molecule has 0 spiro atoms. The van der Waals surface area contributed by atoms with Crippen LogP contribution in [0.15, 0.2) is 53.6 Å². The highest BCUT2D eigenvalue weighted by molar-refractivity contribution is 7.90. The summed E-state index contributed by atoms with van der Waals surface area (Å²) < 4.78 is 35.6. The molecule has 32 heavy (non-hydrogen) atoms. The summed E-state index contributed by atoms with van der Waals surface area (Å²) in [6.45, 7) is 4.52. The quantitative estimate of drug-likeness (QED) is 0.655. The van der Waals surface area contributed by atoms with Crippen molar-refractivity contribution >= 4 is 26.6 Å². The van der Waals surface area contributed by atoms with Gasteiger partial charge in [-0.25, -0.2) is 8.42 Å². The summed E-state index contributed by atoms with van der Waals surface area (Å²) in [5.74, 6) is -0.275. The van der Waals surface area contributed by atoms with Gasteiger partial charge in [0.05, 0.1) is 35.3 Å². The Morgan fingerprint density at radius 3 is 2.72 bits per heavy atom. The highest BCUT2D eigenvalue weighted by atomic mass is 32.2. The van der Waals surface area contributed by atoms with Crippen LogP contribution in [0.4, 0.5) is 0 Å². The van der Waals surface area contributed by atoms with Crippen LogP contribution in [0.5, 0.6) is 0 Å². The molecular formula is C24H24N2O5S. The molecular weight excluding hydrogens is 428 g/mol. The summed E-state index contributed by atoms with van der Waals surface area (Å²) in [4.78, 5) is 18.1. The van der Waals surface area contributed by atoms with Crippen LogP contribution in [0, 0.1) is 0 Å². The highest BCUT2D eigenvalue weighted by Crippen LogP contribution is 2.46. The smallest absolute Gasteiger partial charge is 0.254 e. The van der Waals surface area contributed by atoms with Crippen molar-refractivity contribution in [1.82, 2.24) is 10.3 Å². The fourth-order valence-corrected chi connectivity index (χ4v) is 5.33. The van der Waals surface area contributed by atoms with E-state index in [1.165, 1.54) is 6.26 Å². The maximum absolute atomic E-state index is 13.3. The van der Waals surface area contributed by atoms with E-state index in [9.17, 15) is 13.2 Å². The largest absolute Gasteiger partial charge is 0.374 e. The van der Waals surface area contributed by atoms with Gasteiger partial charge in [0, 0.05) is 29.0 Å². The average molecular weight is 453 g/mol. The zero-order valence-corrected chi connectivity index (χ0v) is 18.9. The molecule has 3 aromatic rings. The number of para-hydroxylation sites is 1.